The SMILES string of the molecule is CC[NH+]1CCC([NH2+]Cc2c(C)nn(-c3ccccc3)c2Oc2ccc(F)cc2)CC1. The monoisotopic (exact) mass is 410 g/mol. The van der Waals surface area contributed by atoms with Crippen LogP contribution in [-0.4, -0.2) is 35.5 Å². The number of benzene rings is 2. The van der Waals surface area contributed by atoms with Crippen LogP contribution in [0.2, 0.25) is 0 Å². The maximum absolute atomic E-state index is 13.4. The van der Waals surface area contributed by atoms with E-state index in [9.17, 15) is 4.39 Å². The molecular weight excluding hydrogens is 379 g/mol. The third-order valence-electron chi connectivity index (χ3n) is 6.06. The highest BCUT2D eigenvalue weighted by molar-refractivity contribution is 5.43. The zero-order valence-corrected chi connectivity index (χ0v) is 17.8. The third kappa shape index (κ3) is 4.71. The lowest BCUT2D eigenvalue weighted by atomic mass is 10.0. The Morgan fingerprint density at radius 3 is 2.47 bits per heavy atom. The number of aromatic nitrogens is 2. The first-order chi connectivity index (χ1) is 14.6. The van der Waals surface area contributed by atoms with Gasteiger partial charge in [-0.1, -0.05) is 18.2 Å². The van der Waals surface area contributed by atoms with E-state index in [2.05, 4.69) is 12.2 Å². The van der Waals surface area contributed by atoms with Crippen LogP contribution in [0.5, 0.6) is 11.6 Å². The number of quaternary nitrogens is 2. The molecule has 1 fully saturated rings. The summed E-state index contributed by atoms with van der Waals surface area (Å²) in [5.41, 5.74) is 3.00. The molecule has 3 N–H and O–H groups in total. The maximum atomic E-state index is 13.4. The lowest BCUT2D eigenvalue weighted by molar-refractivity contribution is -0.912. The fraction of sp³-hybridized carbons (Fsp3) is 0.375. The lowest BCUT2D eigenvalue weighted by Gasteiger charge is -2.27. The molecule has 1 saturated heterocycles. The summed E-state index contributed by atoms with van der Waals surface area (Å²) < 4.78 is 21.5. The van der Waals surface area contributed by atoms with Crippen molar-refractivity contribution in [2.24, 2.45) is 0 Å². The Morgan fingerprint density at radius 2 is 1.80 bits per heavy atom. The van der Waals surface area contributed by atoms with E-state index in [1.807, 2.05) is 41.9 Å². The summed E-state index contributed by atoms with van der Waals surface area (Å²) in [4.78, 5) is 1.70. The van der Waals surface area contributed by atoms with Gasteiger partial charge in [-0.15, -0.1) is 0 Å². The Morgan fingerprint density at radius 1 is 1.10 bits per heavy atom. The zero-order valence-electron chi connectivity index (χ0n) is 17.8. The van der Waals surface area contributed by atoms with Crippen LogP contribution in [0.25, 0.3) is 5.69 Å². The summed E-state index contributed by atoms with van der Waals surface area (Å²) in [6, 6.07) is 16.8. The fourth-order valence-corrected chi connectivity index (χ4v) is 4.16. The summed E-state index contributed by atoms with van der Waals surface area (Å²) >= 11 is 0. The second-order valence-corrected chi connectivity index (χ2v) is 8.05. The summed E-state index contributed by atoms with van der Waals surface area (Å²) in [6.45, 7) is 8.83. The van der Waals surface area contributed by atoms with Crippen molar-refractivity contribution in [3.8, 4) is 17.3 Å². The van der Waals surface area contributed by atoms with E-state index >= 15 is 0 Å². The minimum Gasteiger partial charge on any atom is -0.438 e. The van der Waals surface area contributed by atoms with E-state index in [0.29, 0.717) is 17.7 Å². The molecule has 30 heavy (non-hydrogen) atoms. The zero-order chi connectivity index (χ0) is 20.9. The maximum Gasteiger partial charge on any atom is 0.231 e. The number of hydrogen-bond donors (Lipinski definition) is 2. The van der Waals surface area contributed by atoms with Crippen LogP contribution < -0.4 is 15.0 Å². The number of piperidine rings is 1. The van der Waals surface area contributed by atoms with Gasteiger partial charge in [0.15, 0.2) is 0 Å². The predicted molar refractivity (Wildman–Crippen MR) is 115 cm³/mol. The minimum atomic E-state index is -0.274. The third-order valence-corrected chi connectivity index (χ3v) is 6.06. The molecule has 3 aromatic rings. The van der Waals surface area contributed by atoms with Gasteiger partial charge in [-0.05, 0) is 50.2 Å². The predicted octanol–water partition coefficient (Wildman–Crippen LogP) is 2.24. The van der Waals surface area contributed by atoms with E-state index in [1.165, 1.54) is 44.6 Å². The molecule has 2 aromatic carbocycles. The van der Waals surface area contributed by atoms with Crippen molar-refractivity contribution in [3.63, 3.8) is 0 Å². The van der Waals surface area contributed by atoms with E-state index in [-0.39, 0.29) is 5.82 Å². The van der Waals surface area contributed by atoms with Crippen molar-refractivity contribution in [2.75, 3.05) is 19.6 Å². The topological polar surface area (TPSA) is 48.1 Å². The fourth-order valence-electron chi connectivity index (χ4n) is 4.16. The molecule has 0 radical (unpaired) electrons. The number of nitrogens with one attached hydrogen (secondary N) is 1. The van der Waals surface area contributed by atoms with Crippen LogP contribution in [0.1, 0.15) is 31.0 Å². The second kappa shape index (κ2) is 9.41. The molecule has 158 valence electrons. The van der Waals surface area contributed by atoms with Crippen LogP contribution in [0.15, 0.2) is 54.6 Å². The minimum absolute atomic E-state index is 0.274. The van der Waals surface area contributed by atoms with Gasteiger partial charge < -0.3 is 15.0 Å². The smallest absolute Gasteiger partial charge is 0.231 e. The van der Waals surface area contributed by atoms with Crippen molar-refractivity contribution in [2.45, 2.75) is 39.3 Å². The average Bonchev–Trinajstić information content (AvgIpc) is 3.09. The first-order valence-electron chi connectivity index (χ1n) is 10.9. The van der Waals surface area contributed by atoms with Crippen LogP contribution in [0.4, 0.5) is 4.39 Å². The van der Waals surface area contributed by atoms with Crippen molar-refractivity contribution in [3.05, 3.63) is 71.7 Å². The number of nitrogens with two attached hydrogens (primary N) is 1. The highest BCUT2D eigenvalue weighted by Gasteiger charge is 2.26. The van der Waals surface area contributed by atoms with Crippen molar-refractivity contribution >= 4 is 0 Å². The lowest BCUT2D eigenvalue weighted by Crippen LogP contribution is -3.14. The first-order valence-corrected chi connectivity index (χ1v) is 10.9. The highest BCUT2D eigenvalue weighted by Crippen LogP contribution is 2.30. The summed E-state index contributed by atoms with van der Waals surface area (Å²) in [5.74, 6) is 1.04. The molecule has 4 rings (SSSR count). The molecule has 0 saturated carbocycles. The van der Waals surface area contributed by atoms with Gasteiger partial charge in [-0.2, -0.15) is 5.10 Å². The number of aryl methyl sites for hydroxylation is 1. The molecule has 5 nitrogen and oxygen atoms in total. The highest BCUT2D eigenvalue weighted by atomic mass is 19.1. The number of halogens is 1. The van der Waals surface area contributed by atoms with E-state index in [0.717, 1.165) is 23.5 Å². The molecular formula is C24H31FN4O+2. The van der Waals surface area contributed by atoms with Crippen LogP contribution in [-0.2, 0) is 6.54 Å². The van der Waals surface area contributed by atoms with Crippen LogP contribution >= 0.6 is 0 Å². The molecule has 6 heteroatoms. The Kier molecular flexibility index (Phi) is 6.45. The Labute approximate surface area is 177 Å². The summed E-state index contributed by atoms with van der Waals surface area (Å²) in [7, 11) is 0. The molecule has 0 amide bonds. The van der Waals surface area contributed by atoms with Gasteiger partial charge in [-0.25, -0.2) is 9.07 Å². The van der Waals surface area contributed by atoms with E-state index < -0.39 is 0 Å². The quantitative estimate of drug-likeness (QED) is 0.628. The number of hydrogen-bond acceptors (Lipinski definition) is 2. The van der Waals surface area contributed by atoms with Crippen molar-refractivity contribution in [1.29, 1.82) is 0 Å². The number of ether oxygens (including phenoxy) is 1. The van der Waals surface area contributed by atoms with Gasteiger partial charge in [0.25, 0.3) is 0 Å². The largest absolute Gasteiger partial charge is 0.438 e. The number of likely N-dealkylation sites (tertiary alicyclic amines) is 1. The molecule has 0 unspecified atom stereocenters. The van der Waals surface area contributed by atoms with E-state index in [1.54, 1.807) is 17.0 Å². The molecule has 0 atom stereocenters. The van der Waals surface area contributed by atoms with Crippen molar-refractivity contribution in [1.82, 2.24) is 9.78 Å². The molecule has 0 spiro atoms. The van der Waals surface area contributed by atoms with Crippen LogP contribution in [0.3, 0.4) is 0 Å². The number of nitrogens with zero attached hydrogens (tertiary/aromatic N) is 2. The number of rotatable bonds is 7. The Balaban J connectivity index is 1.58. The molecule has 2 heterocycles. The first kappa shape index (κ1) is 20.6. The van der Waals surface area contributed by atoms with Gasteiger partial charge in [0, 0.05) is 12.8 Å². The molecule has 0 aliphatic carbocycles. The van der Waals surface area contributed by atoms with Crippen molar-refractivity contribution < 1.29 is 19.3 Å². The van der Waals surface area contributed by atoms with Gasteiger partial charge in [0.2, 0.25) is 5.88 Å². The molecule has 0 bridgehead atoms. The standard InChI is InChI=1S/C24H29FN4O/c1-3-28-15-13-20(14-16-28)26-17-23-18(2)27-29(21-7-5-4-6-8-21)24(23)30-22-11-9-19(25)10-12-22/h4-12,20,26H,3,13-17H2,1-2H3/p+2. The Hall–Kier alpha value is -2.70. The molecule has 1 aliphatic heterocycles. The summed E-state index contributed by atoms with van der Waals surface area (Å²) in [5, 5.41) is 7.21. The van der Waals surface area contributed by atoms with E-state index in [4.69, 9.17) is 9.84 Å². The van der Waals surface area contributed by atoms with Gasteiger partial charge in [0.1, 0.15) is 18.1 Å². The molecule has 1 aliphatic rings. The second-order valence-electron chi connectivity index (χ2n) is 8.05. The molecule has 1 aromatic heterocycles. The van der Waals surface area contributed by atoms with Crippen LogP contribution in [0, 0.1) is 12.7 Å². The summed E-state index contributed by atoms with van der Waals surface area (Å²) in [6.07, 6.45) is 2.48. The van der Waals surface area contributed by atoms with Gasteiger partial charge >= 0.3 is 0 Å². The Bertz CT molecular complexity index is 947. The van der Waals surface area contributed by atoms with Gasteiger partial charge in [-0.3, -0.25) is 0 Å². The van der Waals surface area contributed by atoms with Gasteiger partial charge in [0.05, 0.1) is 42.6 Å². The average molecular weight is 411 g/mol. The number of para-hydroxylation sites is 1. The normalized spacial score (nSPS) is 19.0.